The van der Waals surface area contributed by atoms with Gasteiger partial charge in [0.05, 0.1) is 12.1 Å². The van der Waals surface area contributed by atoms with Crippen LogP contribution in [-0.2, 0) is 11.2 Å². The smallest absolute Gasteiger partial charge is 0.230 e. The van der Waals surface area contributed by atoms with Crippen LogP contribution in [0.1, 0.15) is 11.3 Å². The number of aromatic nitrogens is 1. The third kappa shape index (κ3) is 3.99. The molecule has 0 saturated carbocycles. The Bertz CT molecular complexity index is 825. The van der Waals surface area contributed by atoms with E-state index in [1.54, 1.807) is 30.3 Å². The molecule has 5 heteroatoms. The molecule has 3 aromatic rings. The van der Waals surface area contributed by atoms with Gasteiger partial charge < -0.3 is 9.84 Å². The van der Waals surface area contributed by atoms with Gasteiger partial charge >= 0.3 is 0 Å². The highest BCUT2D eigenvalue weighted by molar-refractivity contribution is 6.30. The second-order valence-corrected chi connectivity index (χ2v) is 5.72. The summed E-state index contributed by atoms with van der Waals surface area (Å²) in [5.41, 5.74) is 3.35. The molecule has 0 aliphatic heterocycles. The van der Waals surface area contributed by atoms with E-state index in [9.17, 15) is 4.79 Å². The molecule has 1 N–H and O–H groups in total. The lowest BCUT2D eigenvalue weighted by atomic mass is 10.1. The summed E-state index contributed by atoms with van der Waals surface area (Å²) in [6.45, 7) is 2.02. The highest BCUT2D eigenvalue weighted by Crippen LogP contribution is 2.21. The Morgan fingerprint density at radius 2 is 1.96 bits per heavy atom. The first-order chi connectivity index (χ1) is 11.1. The summed E-state index contributed by atoms with van der Waals surface area (Å²) >= 11 is 5.89. The normalized spacial score (nSPS) is 10.5. The van der Waals surface area contributed by atoms with E-state index in [0.29, 0.717) is 22.2 Å². The highest BCUT2D eigenvalue weighted by atomic mass is 35.5. The molecule has 23 heavy (non-hydrogen) atoms. The predicted molar refractivity (Wildman–Crippen MR) is 90.5 cm³/mol. The van der Waals surface area contributed by atoms with E-state index >= 15 is 0 Å². The van der Waals surface area contributed by atoms with Gasteiger partial charge in [-0.05, 0) is 25.1 Å². The van der Waals surface area contributed by atoms with E-state index in [1.165, 1.54) is 5.56 Å². The van der Waals surface area contributed by atoms with E-state index in [0.717, 1.165) is 5.56 Å². The molecule has 1 amide bonds. The molecule has 0 aliphatic rings. The molecule has 0 spiro atoms. The summed E-state index contributed by atoms with van der Waals surface area (Å²) in [7, 11) is 0. The van der Waals surface area contributed by atoms with Crippen LogP contribution in [0.15, 0.2) is 59.1 Å². The Labute approximate surface area is 139 Å². The summed E-state index contributed by atoms with van der Waals surface area (Å²) < 4.78 is 5.31. The molecule has 0 saturated heterocycles. The van der Waals surface area contributed by atoms with Crippen LogP contribution in [0.5, 0.6) is 0 Å². The minimum Gasteiger partial charge on any atom is -0.356 e. The Kier molecular flexibility index (Phi) is 4.44. The van der Waals surface area contributed by atoms with Crippen molar-refractivity contribution in [3.63, 3.8) is 0 Å². The number of hydrogen-bond donors (Lipinski definition) is 1. The lowest BCUT2D eigenvalue weighted by Crippen LogP contribution is -2.14. The van der Waals surface area contributed by atoms with Gasteiger partial charge in [0.15, 0.2) is 5.76 Å². The SMILES string of the molecule is Cc1ccc(-c2cc(CC(=O)Nc3cccc(Cl)c3)no2)cc1. The third-order valence-electron chi connectivity index (χ3n) is 3.35. The molecular weight excluding hydrogens is 312 g/mol. The highest BCUT2D eigenvalue weighted by Gasteiger charge is 2.11. The van der Waals surface area contributed by atoms with Crippen LogP contribution >= 0.6 is 11.6 Å². The van der Waals surface area contributed by atoms with Crippen LogP contribution < -0.4 is 5.32 Å². The molecule has 4 nitrogen and oxygen atoms in total. The summed E-state index contributed by atoms with van der Waals surface area (Å²) in [4.78, 5) is 12.0. The fourth-order valence-electron chi connectivity index (χ4n) is 2.18. The number of carbonyl (C=O) groups is 1. The number of rotatable bonds is 4. The Hall–Kier alpha value is -2.59. The molecule has 0 bridgehead atoms. The molecule has 0 radical (unpaired) electrons. The molecule has 1 aromatic heterocycles. The molecule has 2 aromatic carbocycles. The van der Waals surface area contributed by atoms with E-state index in [2.05, 4.69) is 10.5 Å². The topological polar surface area (TPSA) is 55.1 Å². The number of amides is 1. The van der Waals surface area contributed by atoms with Crippen molar-refractivity contribution in [2.24, 2.45) is 0 Å². The van der Waals surface area contributed by atoms with Crippen molar-refractivity contribution in [2.75, 3.05) is 5.32 Å². The second-order valence-electron chi connectivity index (χ2n) is 5.28. The van der Waals surface area contributed by atoms with Gasteiger partial charge in [0.1, 0.15) is 0 Å². The second kappa shape index (κ2) is 6.67. The molecule has 0 atom stereocenters. The molecule has 0 unspecified atom stereocenters. The summed E-state index contributed by atoms with van der Waals surface area (Å²) in [5.74, 6) is 0.478. The number of aryl methyl sites for hydroxylation is 1. The first-order valence-corrected chi connectivity index (χ1v) is 7.56. The first kappa shape index (κ1) is 15.3. The van der Waals surface area contributed by atoms with Gasteiger partial charge in [-0.1, -0.05) is 52.7 Å². The number of nitrogens with zero attached hydrogens (tertiary/aromatic N) is 1. The van der Waals surface area contributed by atoms with Crippen molar-refractivity contribution in [1.29, 1.82) is 0 Å². The zero-order valence-corrected chi connectivity index (χ0v) is 13.3. The van der Waals surface area contributed by atoms with E-state index in [4.69, 9.17) is 16.1 Å². The fraction of sp³-hybridized carbons (Fsp3) is 0.111. The monoisotopic (exact) mass is 326 g/mol. The quantitative estimate of drug-likeness (QED) is 0.768. The zero-order valence-electron chi connectivity index (χ0n) is 12.5. The fourth-order valence-corrected chi connectivity index (χ4v) is 2.38. The molecule has 1 heterocycles. The minimum atomic E-state index is -0.170. The Morgan fingerprint density at radius 1 is 1.17 bits per heavy atom. The van der Waals surface area contributed by atoms with E-state index in [-0.39, 0.29) is 12.3 Å². The predicted octanol–water partition coefficient (Wildman–Crippen LogP) is 4.48. The van der Waals surface area contributed by atoms with Crippen molar-refractivity contribution in [2.45, 2.75) is 13.3 Å². The van der Waals surface area contributed by atoms with Gasteiger partial charge in [0.25, 0.3) is 0 Å². The minimum absolute atomic E-state index is 0.141. The number of hydrogen-bond acceptors (Lipinski definition) is 3. The van der Waals surface area contributed by atoms with Gasteiger partial charge in [0.2, 0.25) is 5.91 Å². The first-order valence-electron chi connectivity index (χ1n) is 7.18. The maximum absolute atomic E-state index is 12.0. The van der Waals surface area contributed by atoms with Crippen molar-refractivity contribution in [3.05, 3.63) is 70.9 Å². The lowest BCUT2D eigenvalue weighted by Gasteiger charge is -2.03. The van der Waals surface area contributed by atoms with Crippen LogP contribution in [0.4, 0.5) is 5.69 Å². The summed E-state index contributed by atoms with van der Waals surface area (Å²) in [6.07, 6.45) is 0.141. The maximum atomic E-state index is 12.0. The van der Waals surface area contributed by atoms with Gasteiger partial charge in [-0.3, -0.25) is 4.79 Å². The molecular formula is C18H15ClN2O2. The van der Waals surface area contributed by atoms with Crippen molar-refractivity contribution in [3.8, 4) is 11.3 Å². The Balaban J connectivity index is 1.66. The van der Waals surface area contributed by atoms with Crippen LogP contribution in [0.3, 0.4) is 0 Å². The third-order valence-corrected chi connectivity index (χ3v) is 3.58. The Morgan fingerprint density at radius 3 is 2.70 bits per heavy atom. The number of nitrogens with one attached hydrogen (secondary N) is 1. The van der Waals surface area contributed by atoms with Crippen molar-refractivity contribution >= 4 is 23.2 Å². The van der Waals surface area contributed by atoms with E-state index < -0.39 is 0 Å². The standard InChI is InChI=1S/C18H15ClN2O2/c1-12-5-7-13(8-6-12)17-10-16(21-23-17)11-18(22)20-15-4-2-3-14(19)9-15/h2-10H,11H2,1H3,(H,20,22). The van der Waals surface area contributed by atoms with Crippen LogP contribution in [0.2, 0.25) is 5.02 Å². The largest absolute Gasteiger partial charge is 0.356 e. The molecule has 0 aliphatic carbocycles. The van der Waals surface area contributed by atoms with E-state index in [1.807, 2.05) is 31.2 Å². The van der Waals surface area contributed by atoms with Crippen molar-refractivity contribution < 1.29 is 9.32 Å². The maximum Gasteiger partial charge on any atom is 0.230 e. The zero-order chi connectivity index (χ0) is 16.2. The molecule has 0 fully saturated rings. The molecule has 116 valence electrons. The van der Waals surface area contributed by atoms with Crippen molar-refractivity contribution in [1.82, 2.24) is 5.16 Å². The lowest BCUT2D eigenvalue weighted by molar-refractivity contribution is -0.115. The average molecular weight is 327 g/mol. The number of halogens is 1. The van der Waals surface area contributed by atoms with Crippen LogP contribution in [0.25, 0.3) is 11.3 Å². The summed E-state index contributed by atoms with van der Waals surface area (Å²) in [6, 6.07) is 16.7. The van der Waals surface area contributed by atoms with Crippen LogP contribution in [0, 0.1) is 6.92 Å². The molecule has 3 rings (SSSR count). The van der Waals surface area contributed by atoms with Crippen LogP contribution in [-0.4, -0.2) is 11.1 Å². The number of carbonyl (C=O) groups excluding carboxylic acids is 1. The average Bonchev–Trinajstić information content (AvgIpc) is 2.96. The number of anilines is 1. The van der Waals surface area contributed by atoms with Gasteiger partial charge in [-0.25, -0.2) is 0 Å². The number of benzene rings is 2. The van der Waals surface area contributed by atoms with Gasteiger partial charge in [-0.15, -0.1) is 0 Å². The van der Waals surface area contributed by atoms with Gasteiger partial charge in [-0.2, -0.15) is 0 Å². The van der Waals surface area contributed by atoms with Gasteiger partial charge in [0, 0.05) is 22.3 Å². The summed E-state index contributed by atoms with van der Waals surface area (Å²) in [5, 5.41) is 7.31.